The second-order valence-corrected chi connectivity index (χ2v) is 2.40. The lowest BCUT2D eigenvalue weighted by molar-refractivity contribution is -0.358. The minimum atomic E-state index is 0.819. The van der Waals surface area contributed by atoms with Gasteiger partial charge in [-0.15, -0.1) is 0 Å². The van der Waals surface area contributed by atoms with E-state index in [0.717, 1.165) is 32.5 Å². The van der Waals surface area contributed by atoms with Gasteiger partial charge in [0.1, 0.15) is 6.61 Å². The lowest BCUT2D eigenvalue weighted by Crippen LogP contribution is -2.36. The highest BCUT2D eigenvalue weighted by atomic mass is 16.8. The molecule has 0 aromatic carbocycles. The SMILES string of the molecule is [CH]1CCN(N2CCCO2)O1. The summed E-state index contributed by atoms with van der Waals surface area (Å²) in [4.78, 5) is 10.4. The Bertz CT molecular complexity index is 94.3. The molecule has 57 valence electrons. The van der Waals surface area contributed by atoms with Gasteiger partial charge in [-0.3, -0.25) is 9.68 Å². The summed E-state index contributed by atoms with van der Waals surface area (Å²) in [6.07, 6.45) is 2.08. The van der Waals surface area contributed by atoms with Crippen LogP contribution in [0, 0.1) is 6.61 Å². The van der Waals surface area contributed by atoms with Crippen LogP contribution in [0.25, 0.3) is 0 Å². The van der Waals surface area contributed by atoms with Gasteiger partial charge in [0.05, 0.1) is 6.61 Å². The van der Waals surface area contributed by atoms with Crippen molar-refractivity contribution in [2.75, 3.05) is 19.7 Å². The first-order valence-corrected chi connectivity index (χ1v) is 3.63. The van der Waals surface area contributed by atoms with E-state index in [4.69, 9.17) is 9.68 Å². The third-order valence-electron chi connectivity index (χ3n) is 1.62. The van der Waals surface area contributed by atoms with Crippen molar-refractivity contribution in [3.8, 4) is 0 Å². The fourth-order valence-electron chi connectivity index (χ4n) is 1.13. The number of nitrogens with zero attached hydrogens (tertiary/aromatic N) is 2. The zero-order chi connectivity index (χ0) is 6.81. The molecule has 4 heteroatoms. The molecule has 0 unspecified atom stereocenters. The molecule has 2 rings (SSSR count). The monoisotopic (exact) mass is 143 g/mol. The van der Waals surface area contributed by atoms with Crippen molar-refractivity contribution in [1.82, 2.24) is 10.3 Å². The van der Waals surface area contributed by atoms with Crippen molar-refractivity contribution in [3.05, 3.63) is 6.61 Å². The van der Waals surface area contributed by atoms with Gasteiger partial charge >= 0.3 is 0 Å². The zero-order valence-electron chi connectivity index (χ0n) is 5.82. The summed E-state index contributed by atoms with van der Waals surface area (Å²) in [5.41, 5.74) is 0. The Morgan fingerprint density at radius 3 is 2.80 bits per heavy atom. The van der Waals surface area contributed by atoms with Crippen LogP contribution in [0.4, 0.5) is 0 Å². The summed E-state index contributed by atoms with van der Waals surface area (Å²) in [5, 5.41) is 3.54. The molecule has 0 atom stereocenters. The molecule has 0 amide bonds. The van der Waals surface area contributed by atoms with Crippen LogP contribution in [0.3, 0.4) is 0 Å². The lowest BCUT2D eigenvalue weighted by atomic mass is 10.5. The molecule has 0 aromatic rings. The molecule has 2 aliphatic heterocycles. The van der Waals surface area contributed by atoms with Gasteiger partial charge in [-0.2, -0.15) is 0 Å². The summed E-state index contributed by atoms with van der Waals surface area (Å²) in [7, 11) is 0. The van der Waals surface area contributed by atoms with E-state index in [0.29, 0.717) is 0 Å². The minimum Gasteiger partial charge on any atom is -0.282 e. The molecule has 0 aromatic heterocycles. The number of hydrazine groups is 1. The van der Waals surface area contributed by atoms with Crippen molar-refractivity contribution in [2.24, 2.45) is 0 Å². The van der Waals surface area contributed by atoms with Crippen LogP contribution in [0.5, 0.6) is 0 Å². The van der Waals surface area contributed by atoms with E-state index >= 15 is 0 Å². The van der Waals surface area contributed by atoms with Gasteiger partial charge in [0.2, 0.25) is 0 Å². The molecule has 2 heterocycles. The second kappa shape index (κ2) is 2.84. The third-order valence-corrected chi connectivity index (χ3v) is 1.62. The molecule has 0 N–H and O–H groups in total. The molecule has 0 bridgehead atoms. The van der Waals surface area contributed by atoms with Gasteiger partial charge in [0.15, 0.2) is 0 Å². The van der Waals surface area contributed by atoms with Crippen molar-refractivity contribution in [1.29, 1.82) is 0 Å². The number of hydroxylamine groups is 2. The Kier molecular flexibility index (Phi) is 1.86. The molecule has 0 saturated carbocycles. The normalized spacial score (nSPS) is 30.0. The molecule has 2 fully saturated rings. The maximum Gasteiger partial charge on any atom is 0.111 e. The maximum atomic E-state index is 5.25. The summed E-state index contributed by atoms with van der Waals surface area (Å²) in [6, 6.07) is 0. The maximum absolute atomic E-state index is 5.25. The van der Waals surface area contributed by atoms with Crippen LogP contribution in [-0.4, -0.2) is 30.0 Å². The lowest BCUT2D eigenvalue weighted by Gasteiger charge is -2.22. The summed E-state index contributed by atoms with van der Waals surface area (Å²) >= 11 is 0. The molecular weight excluding hydrogens is 132 g/mol. The van der Waals surface area contributed by atoms with E-state index in [-0.39, 0.29) is 0 Å². The number of rotatable bonds is 1. The third kappa shape index (κ3) is 1.15. The molecule has 2 saturated heterocycles. The topological polar surface area (TPSA) is 24.9 Å². The predicted molar refractivity (Wildman–Crippen MR) is 34.0 cm³/mol. The van der Waals surface area contributed by atoms with Gasteiger partial charge in [0.25, 0.3) is 0 Å². The van der Waals surface area contributed by atoms with Crippen molar-refractivity contribution < 1.29 is 9.68 Å². The van der Waals surface area contributed by atoms with Crippen LogP contribution >= 0.6 is 0 Å². The number of hydrogen-bond acceptors (Lipinski definition) is 4. The molecule has 10 heavy (non-hydrogen) atoms. The molecular formula is C6H11N2O2. The summed E-state index contributed by atoms with van der Waals surface area (Å²) < 4.78 is 0. The van der Waals surface area contributed by atoms with Crippen LogP contribution in [-0.2, 0) is 9.68 Å². The molecule has 0 aliphatic carbocycles. The quantitative estimate of drug-likeness (QED) is 0.528. The first-order valence-electron chi connectivity index (χ1n) is 3.63. The summed E-state index contributed by atoms with van der Waals surface area (Å²) in [6.45, 7) is 4.48. The molecule has 1 radical (unpaired) electrons. The van der Waals surface area contributed by atoms with Gasteiger partial charge in [-0.25, -0.2) is 0 Å². The Labute approximate surface area is 60.2 Å². The standard InChI is InChI=1S/C6H11N2O2/c1-3-7(9-5-1)8-4-2-6-10-8/h5H,1-4,6H2. The van der Waals surface area contributed by atoms with Crippen molar-refractivity contribution in [2.45, 2.75) is 12.8 Å². The van der Waals surface area contributed by atoms with Crippen molar-refractivity contribution in [3.63, 3.8) is 0 Å². The number of hydrogen-bond donors (Lipinski definition) is 0. The van der Waals surface area contributed by atoms with E-state index in [1.807, 2.05) is 0 Å². The van der Waals surface area contributed by atoms with Crippen LogP contribution in [0.2, 0.25) is 0 Å². The van der Waals surface area contributed by atoms with E-state index in [1.165, 1.54) is 0 Å². The Hall–Kier alpha value is -0.160. The highest BCUT2D eigenvalue weighted by molar-refractivity contribution is 4.60. The molecule has 4 nitrogen and oxygen atoms in total. The average Bonchev–Trinajstić information content (AvgIpc) is 2.59. The van der Waals surface area contributed by atoms with E-state index in [1.54, 1.807) is 17.0 Å². The van der Waals surface area contributed by atoms with Gasteiger partial charge in [-0.05, 0) is 12.8 Å². The van der Waals surface area contributed by atoms with Gasteiger partial charge < -0.3 is 0 Å². The van der Waals surface area contributed by atoms with E-state index in [9.17, 15) is 0 Å². The smallest absolute Gasteiger partial charge is 0.111 e. The van der Waals surface area contributed by atoms with Gasteiger partial charge in [-0.1, -0.05) is 10.3 Å². The predicted octanol–water partition coefficient (Wildman–Crippen LogP) is 0.338. The van der Waals surface area contributed by atoms with Gasteiger partial charge in [0, 0.05) is 13.1 Å². The average molecular weight is 143 g/mol. The first kappa shape index (κ1) is 6.54. The van der Waals surface area contributed by atoms with Crippen LogP contribution < -0.4 is 0 Å². The van der Waals surface area contributed by atoms with Crippen molar-refractivity contribution >= 4 is 0 Å². The molecule has 0 spiro atoms. The van der Waals surface area contributed by atoms with Crippen LogP contribution in [0.1, 0.15) is 12.8 Å². The van der Waals surface area contributed by atoms with E-state index < -0.39 is 0 Å². The molecule has 2 aliphatic rings. The minimum absolute atomic E-state index is 0.819. The largest absolute Gasteiger partial charge is 0.282 e. The van der Waals surface area contributed by atoms with Crippen LogP contribution in [0.15, 0.2) is 0 Å². The Balaban J connectivity index is 1.85. The van der Waals surface area contributed by atoms with E-state index in [2.05, 4.69) is 0 Å². The highest BCUT2D eigenvalue weighted by Crippen LogP contribution is 2.15. The fraction of sp³-hybridized carbons (Fsp3) is 0.833. The Morgan fingerprint density at radius 1 is 1.20 bits per heavy atom. The second-order valence-electron chi connectivity index (χ2n) is 2.40. The first-order chi connectivity index (χ1) is 4.97. The fourth-order valence-corrected chi connectivity index (χ4v) is 1.13. The Morgan fingerprint density at radius 2 is 2.20 bits per heavy atom. The summed E-state index contributed by atoms with van der Waals surface area (Å²) in [5.74, 6) is 0. The highest BCUT2D eigenvalue weighted by Gasteiger charge is 2.24. The zero-order valence-corrected chi connectivity index (χ0v) is 5.82.